The minimum Gasteiger partial charge on any atom is -0.490 e. The summed E-state index contributed by atoms with van der Waals surface area (Å²) in [5.74, 6) is 0.911. The lowest BCUT2D eigenvalue weighted by Gasteiger charge is -2.24. The van der Waals surface area contributed by atoms with Gasteiger partial charge in [-0.1, -0.05) is 31.4 Å². The van der Waals surface area contributed by atoms with E-state index in [1.165, 1.54) is 5.57 Å². The van der Waals surface area contributed by atoms with Gasteiger partial charge in [-0.3, -0.25) is 0 Å². The lowest BCUT2D eigenvalue weighted by atomic mass is 9.86. The SMILES string of the molecule is C=C=C(OCC)C1(C)CCC(=C)C1. The van der Waals surface area contributed by atoms with E-state index < -0.39 is 0 Å². The second-order valence-electron chi connectivity index (χ2n) is 3.93. The summed E-state index contributed by atoms with van der Waals surface area (Å²) in [6.07, 6.45) is 3.24. The molecule has 1 aliphatic carbocycles. The summed E-state index contributed by atoms with van der Waals surface area (Å²) in [5, 5.41) is 0. The molecule has 0 heterocycles. The van der Waals surface area contributed by atoms with Crippen LogP contribution in [0.3, 0.4) is 0 Å². The molecule has 0 aromatic carbocycles. The molecule has 1 aliphatic rings. The van der Waals surface area contributed by atoms with E-state index in [1.54, 1.807) is 0 Å². The van der Waals surface area contributed by atoms with Gasteiger partial charge >= 0.3 is 0 Å². The van der Waals surface area contributed by atoms with E-state index in [9.17, 15) is 0 Å². The number of hydrogen-bond donors (Lipinski definition) is 0. The normalized spacial score (nSPS) is 27.1. The fraction of sp³-hybridized carbons (Fsp3) is 0.583. The number of rotatable bonds is 3. The first-order valence-electron chi connectivity index (χ1n) is 4.82. The second-order valence-corrected chi connectivity index (χ2v) is 3.93. The molecule has 0 radical (unpaired) electrons. The molecular formula is C12H18O. The molecule has 1 unspecified atom stereocenters. The van der Waals surface area contributed by atoms with Crippen molar-refractivity contribution >= 4 is 0 Å². The van der Waals surface area contributed by atoms with Gasteiger partial charge in [0.25, 0.3) is 0 Å². The zero-order chi connectivity index (χ0) is 9.90. The largest absolute Gasteiger partial charge is 0.490 e. The first-order chi connectivity index (χ1) is 6.12. The van der Waals surface area contributed by atoms with Crippen LogP contribution in [-0.2, 0) is 4.74 Å². The molecule has 1 nitrogen and oxygen atoms in total. The van der Waals surface area contributed by atoms with Crippen molar-refractivity contribution in [2.45, 2.75) is 33.1 Å². The predicted octanol–water partition coefficient (Wildman–Crippen LogP) is 3.44. The van der Waals surface area contributed by atoms with Crippen molar-refractivity contribution in [1.29, 1.82) is 0 Å². The molecule has 0 amide bonds. The molecule has 0 aromatic rings. The van der Waals surface area contributed by atoms with Crippen LogP contribution in [0.2, 0.25) is 0 Å². The van der Waals surface area contributed by atoms with Gasteiger partial charge in [-0.25, -0.2) is 0 Å². The number of allylic oxidation sites excluding steroid dienone is 2. The van der Waals surface area contributed by atoms with Gasteiger partial charge in [0.1, 0.15) is 5.76 Å². The highest BCUT2D eigenvalue weighted by molar-refractivity contribution is 5.17. The summed E-state index contributed by atoms with van der Waals surface area (Å²) < 4.78 is 5.53. The van der Waals surface area contributed by atoms with Gasteiger partial charge in [-0.15, -0.1) is 0 Å². The highest BCUT2D eigenvalue weighted by atomic mass is 16.5. The summed E-state index contributed by atoms with van der Waals surface area (Å²) in [5.41, 5.74) is 4.33. The van der Waals surface area contributed by atoms with Gasteiger partial charge in [0, 0.05) is 5.41 Å². The van der Waals surface area contributed by atoms with Crippen LogP contribution < -0.4 is 0 Å². The smallest absolute Gasteiger partial charge is 0.144 e. The average Bonchev–Trinajstić information content (AvgIpc) is 2.43. The van der Waals surface area contributed by atoms with E-state index in [1.807, 2.05) is 6.92 Å². The Bertz CT molecular complexity index is 258. The van der Waals surface area contributed by atoms with Gasteiger partial charge in [-0.05, 0) is 26.2 Å². The summed E-state index contributed by atoms with van der Waals surface area (Å²) in [4.78, 5) is 0. The third kappa shape index (κ3) is 2.05. The average molecular weight is 178 g/mol. The minimum absolute atomic E-state index is 0.106. The van der Waals surface area contributed by atoms with Gasteiger partial charge in [0.15, 0.2) is 0 Å². The molecule has 0 spiro atoms. The van der Waals surface area contributed by atoms with E-state index in [4.69, 9.17) is 4.74 Å². The summed E-state index contributed by atoms with van der Waals surface area (Å²) in [6, 6.07) is 0. The fourth-order valence-corrected chi connectivity index (χ4v) is 1.96. The Labute approximate surface area is 80.8 Å². The Balaban J connectivity index is 2.79. The topological polar surface area (TPSA) is 9.23 Å². The Morgan fingerprint density at radius 3 is 2.77 bits per heavy atom. The van der Waals surface area contributed by atoms with Crippen molar-refractivity contribution in [2.75, 3.05) is 6.61 Å². The highest BCUT2D eigenvalue weighted by Gasteiger charge is 2.35. The fourth-order valence-electron chi connectivity index (χ4n) is 1.96. The maximum atomic E-state index is 5.53. The number of hydrogen-bond acceptors (Lipinski definition) is 1. The highest BCUT2D eigenvalue weighted by Crippen LogP contribution is 2.45. The quantitative estimate of drug-likeness (QED) is 0.365. The standard InChI is InChI=1S/C12H18O/c1-5-11(13-6-2)12(4)8-7-10(3)9-12/h1,3,6-9H2,2,4H3. The molecule has 0 aliphatic heterocycles. The van der Waals surface area contributed by atoms with Crippen LogP contribution in [0.1, 0.15) is 33.1 Å². The molecule has 1 fully saturated rings. The lowest BCUT2D eigenvalue weighted by molar-refractivity contribution is 0.150. The Hall–Kier alpha value is -0.940. The van der Waals surface area contributed by atoms with Crippen molar-refractivity contribution in [3.8, 4) is 0 Å². The molecule has 1 rings (SSSR count). The van der Waals surface area contributed by atoms with Gasteiger partial charge in [0.2, 0.25) is 0 Å². The van der Waals surface area contributed by atoms with Gasteiger partial charge in [-0.2, -0.15) is 0 Å². The Kier molecular flexibility index (Phi) is 3.00. The first-order valence-corrected chi connectivity index (χ1v) is 4.82. The summed E-state index contributed by atoms with van der Waals surface area (Å²) >= 11 is 0. The molecule has 0 bridgehead atoms. The molecule has 1 saturated carbocycles. The second kappa shape index (κ2) is 3.85. The van der Waals surface area contributed by atoms with Gasteiger partial charge < -0.3 is 4.74 Å². The number of ether oxygens (including phenoxy) is 1. The van der Waals surface area contributed by atoms with E-state index >= 15 is 0 Å². The lowest BCUT2D eigenvalue weighted by Crippen LogP contribution is -2.16. The molecule has 0 N–H and O–H groups in total. The molecule has 0 aromatic heterocycles. The predicted molar refractivity (Wildman–Crippen MR) is 55.4 cm³/mol. The van der Waals surface area contributed by atoms with Crippen molar-refractivity contribution in [2.24, 2.45) is 5.41 Å². The maximum Gasteiger partial charge on any atom is 0.144 e. The molecule has 13 heavy (non-hydrogen) atoms. The third-order valence-corrected chi connectivity index (χ3v) is 2.67. The van der Waals surface area contributed by atoms with Crippen molar-refractivity contribution < 1.29 is 4.74 Å². The van der Waals surface area contributed by atoms with E-state index in [0.29, 0.717) is 6.61 Å². The van der Waals surface area contributed by atoms with E-state index in [0.717, 1.165) is 25.0 Å². The molecule has 72 valence electrons. The van der Waals surface area contributed by atoms with Crippen LogP contribution >= 0.6 is 0 Å². The molecule has 1 atom stereocenters. The third-order valence-electron chi connectivity index (χ3n) is 2.67. The maximum absolute atomic E-state index is 5.53. The van der Waals surface area contributed by atoms with Crippen LogP contribution in [0.4, 0.5) is 0 Å². The minimum atomic E-state index is 0.106. The van der Waals surface area contributed by atoms with Crippen molar-refractivity contribution in [1.82, 2.24) is 0 Å². The molecule has 0 saturated heterocycles. The van der Waals surface area contributed by atoms with Gasteiger partial charge in [0.05, 0.1) is 6.61 Å². The van der Waals surface area contributed by atoms with Crippen LogP contribution in [0.5, 0.6) is 0 Å². The van der Waals surface area contributed by atoms with Crippen LogP contribution in [0, 0.1) is 5.41 Å². The zero-order valence-electron chi connectivity index (χ0n) is 8.65. The summed E-state index contributed by atoms with van der Waals surface area (Å²) in [6.45, 7) is 12.6. The Morgan fingerprint density at radius 2 is 2.38 bits per heavy atom. The van der Waals surface area contributed by atoms with Crippen molar-refractivity contribution in [3.05, 3.63) is 30.2 Å². The summed E-state index contributed by atoms with van der Waals surface area (Å²) in [7, 11) is 0. The van der Waals surface area contributed by atoms with Crippen LogP contribution in [-0.4, -0.2) is 6.61 Å². The van der Waals surface area contributed by atoms with Crippen LogP contribution in [0.15, 0.2) is 30.2 Å². The Morgan fingerprint density at radius 1 is 1.69 bits per heavy atom. The monoisotopic (exact) mass is 178 g/mol. The zero-order valence-corrected chi connectivity index (χ0v) is 8.65. The van der Waals surface area contributed by atoms with E-state index in [2.05, 4.69) is 25.8 Å². The van der Waals surface area contributed by atoms with Crippen LogP contribution in [0.25, 0.3) is 0 Å². The molecule has 1 heteroatoms. The molecular weight excluding hydrogens is 160 g/mol. The first kappa shape index (κ1) is 10.1. The van der Waals surface area contributed by atoms with Crippen molar-refractivity contribution in [3.63, 3.8) is 0 Å². The van der Waals surface area contributed by atoms with E-state index in [-0.39, 0.29) is 5.41 Å².